The van der Waals surface area contributed by atoms with Crippen molar-refractivity contribution in [2.75, 3.05) is 31.1 Å². The second kappa shape index (κ2) is 6.26. The fraction of sp³-hybridized carbons (Fsp3) is 0.375. The number of aryl methyl sites for hydroxylation is 1. The molecular formula is C16H19N3OS. The molecule has 0 bridgehead atoms. The van der Waals surface area contributed by atoms with Gasteiger partial charge in [-0.2, -0.15) is 0 Å². The van der Waals surface area contributed by atoms with E-state index in [1.54, 1.807) is 11.3 Å². The van der Waals surface area contributed by atoms with Gasteiger partial charge >= 0.3 is 0 Å². The van der Waals surface area contributed by atoms with E-state index in [-0.39, 0.29) is 5.91 Å². The summed E-state index contributed by atoms with van der Waals surface area (Å²) in [5.41, 5.74) is 2.13. The van der Waals surface area contributed by atoms with Crippen LogP contribution in [-0.2, 0) is 11.2 Å². The molecule has 5 heteroatoms. The van der Waals surface area contributed by atoms with Crippen LogP contribution in [0.2, 0.25) is 0 Å². The van der Waals surface area contributed by atoms with Gasteiger partial charge in [0.2, 0.25) is 5.91 Å². The van der Waals surface area contributed by atoms with E-state index in [1.807, 2.05) is 23.3 Å². The van der Waals surface area contributed by atoms with Crippen LogP contribution in [-0.4, -0.2) is 42.0 Å². The molecule has 1 fully saturated rings. The lowest BCUT2D eigenvalue weighted by Gasteiger charge is -2.36. The largest absolute Gasteiger partial charge is 0.368 e. The first-order chi connectivity index (χ1) is 10.2. The van der Waals surface area contributed by atoms with Crippen LogP contribution in [0.25, 0.3) is 0 Å². The number of rotatable bonds is 3. The molecule has 4 nitrogen and oxygen atoms in total. The smallest absolute Gasteiger partial charge is 0.228 e. The minimum Gasteiger partial charge on any atom is -0.368 e. The molecule has 0 radical (unpaired) electrons. The molecule has 1 aromatic heterocycles. The van der Waals surface area contributed by atoms with Crippen molar-refractivity contribution in [2.45, 2.75) is 13.3 Å². The van der Waals surface area contributed by atoms with Crippen molar-refractivity contribution in [3.63, 3.8) is 0 Å². The van der Waals surface area contributed by atoms with Crippen molar-refractivity contribution in [2.24, 2.45) is 0 Å². The first-order valence-electron chi connectivity index (χ1n) is 7.21. The van der Waals surface area contributed by atoms with Crippen LogP contribution in [0, 0.1) is 6.92 Å². The molecule has 1 aromatic carbocycles. The standard InChI is InChI=1S/C16H19N3OS/c1-13-17-14(12-21-13)11-16(20)19-9-7-18(8-10-19)15-5-3-2-4-6-15/h2-6,12H,7-11H2,1H3. The van der Waals surface area contributed by atoms with Gasteiger partial charge in [0.05, 0.1) is 17.1 Å². The zero-order valence-electron chi connectivity index (χ0n) is 12.2. The molecule has 0 unspecified atom stereocenters. The van der Waals surface area contributed by atoms with Crippen LogP contribution in [0.15, 0.2) is 35.7 Å². The SMILES string of the molecule is Cc1nc(CC(=O)N2CCN(c3ccccc3)CC2)cs1. The van der Waals surface area contributed by atoms with Gasteiger partial charge < -0.3 is 9.80 Å². The lowest BCUT2D eigenvalue weighted by molar-refractivity contribution is -0.130. The van der Waals surface area contributed by atoms with Crippen molar-refractivity contribution in [1.29, 1.82) is 0 Å². The highest BCUT2D eigenvalue weighted by molar-refractivity contribution is 7.09. The summed E-state index contributed by atoms with van der Waals surface area (Å²) in [5.74, 6) is 0.188. The van der Waals surface area contributed by atoms with Gasteiger partial charge in [-0.15, -0.1) is 11.3 Å². The monoisotopic (exact) mass is 301 g/mol. The minimum atomic E-state index is 0.188. The molecule has 1 saturated heterocycles. The van der Waals surface area contributed by atoms with Crippen molar-refractivity contribution in [1.82, 2.24) is 9.88 Å². The lowest BCUT2D eigenvalue weighted by atomic mass is 10.2. The Morgan fingerprint density at radius 2 is 1.90 bits per heavy atom. The van der Waals surface area contributed by atoms with Gasteiger partial charge in [-0.3, -0.25) is 4.79 Å². The third-order valence-corrected chi connectivity index (χ3v) is 4.57. The Labute approximate surface area is 129 Å². The summed E-state index contributed by atoms with van der Waals surface area (Å²) in [6, 6.07) is 10.4. The second-order valence-electron chi connectivity index (χ2n) is 5.24. The number of carbonyl (C=O) groups excluding carboxylic acids is 1. The molecule has 0 atom stereocenters. The third kappa shape index (κ3) is 3.42. The molecule has 0 N–H and O–H groups in total. The molecule has 0 aliphatic carbocycles. The number of thiazole rings is 1. The molecular weight excluding hydrogens is 282 g/mol. The number of hydrogen-bond donors (Lipinski definition) is 0. The number of para-hydroxylation sites is 1. The van der Waals surface area contributed by atoms with Gasteiger partial charge in [0.15, 0.2) is 0 Å². The van der Waals surface area contributed by atoms with E-state index in [0.29, 0.717) is 6.42 Å². The van der Waals surface area contributed by atoms with Gasteiger partial charge in [0.25, 0.3) is 0 Å². The summed E-state index contributed by atoms with van der Waals surface area (Å²) < 4.78 is 0. The van der Waals surface area contributed by atoms with Crippen LogP contribution < -0.4 is 4.90 Å². The maximum Gasteiger partial charge on any atom is 0.228 e. The van der Waals surface area contributed by atoms with Crippen molar-refractivity contribution < 1.29 is 4.79 Å². The van der Waals surface area contributed by atoms with Crippen LogP contribution in [0.5, 0.6) is 0 Å². The predicted octanol–water partition coefficient (Wildman–Crippen LogP) is 2.34. The fourth-order valence-electron chi connectivity index (χ4n) is 2.61. The summed E-state index contributed by atoms with van der Waals surface area (Å²) in [7, 11) is 0. The number of nitrogens with zero attached hydrogens (tertiary/aromatic N) is 3. The van der Waals surface area contributed by atoms with Gasteiger partial charge in [-0.05, 0) is 19.1 Å². The molecule has 0 spiro atoms. The molecule has 0 saturated carbocycles. The third-order valence-electron chi connectivity index (χ3n) is 3.75. The van der Waals surface area contributed by atoms with E-state index in [4.69, 9.17) is 0 Å². The Kier molecular flexibility index (Phi) is 4.20. The van der Waals surface area contributed by atoms with E-state index in [2.05, 4.69) is 34.1 Å². The van der Waals surface area contributed by atoms with E-state index < -0.39 is 0 Å². The summed E-state index contributed by atoms with van der Waals surface area (Å²) in [5, 5.41) is 3.00. The van der Waals surface area contributed by atoms with Gasteiger partial charge in [-0.1, -0.05) is 18.2 Å². The number of anilines is 1. The molecule has 110 valence electrons. The van der Waals surface area contributed by atoms with Gasteiger partial charge in [0, 0.05) is 37.2 Å². The number of carbonyl (C=O) groups is 1. The Morgan fingerprint density at radius 3 is 2.52 bits per heavy atom. The Bertz CT molecular complexity index is 603. The highest BCUT2D eigenvalue weighted by Gasteiger charge is 2.21. The van der Waals surface area contributed by atoms with Crippen molar-refractivity contribution >= 4 is 22.9 Å². The predicted molar refractivity (Wildman–Crippen MR) is 85.8 cm³/mol. The number of hydrogen-bond acceptors (Lipinski definition) is 4. The number of benzene rings is 1. The summed E-state index contributed by atoms with van der Waals surface area (Å²) >= 11 is 1.60. The quantitative estimate of drug-likeness (QED) is 0.873. The second-order valence-corrected chi connectivity index (χ2v) is 6.30. The zero-order chi connectivity index (χ0) is 14.7. The zero-order valence-corrected chi connectivity index (χ0v) is 13.0. The minimum absolute atomic E-state index is 0.188. The van der Waals surface area contributed by atoms with E-state index in [1.165, 1.54) is 5.69 Å². The van der Waals surface area contributed by atoms with Gasteiger partial charge in [0.1, 0.15) is 0 Å². The topological polar surface area (TPSA) is 36.4 Å². The van der Waals surface area contributed by atoms with Crippen LogP contribution in [0.4, 0.5) is 5.69 Å². The molecule has 2 heterocycles. The Balaban J connectivity index is 1.54. The highest BCUT2D eigenvalue weighted by Crippen LogP contribution is 2.16. The van der Waals surface area contributed by atoms with E-state index in [9.17, 15) is 4.79 Å². The summed E-state index contributed by atoms with van der Waals surface area (Å²) in [6.07, 6.45) is 0.426. The summed E-state index contributed by atoms with van der Waals surface area (Å²) in [6.45, 7) is 5.34. The molecule has 3 rings (SSSR count). The number of aromatic nitrogens is 1. The lowest BCUT2D eigenvalue weighted by Crippen LogP contribution is -2.49. The summed E-state index contributed by atoms with van der Waals surface area (Å²) in [4.78, 5) is 20.9. The molecule has 21 heavy (non-hydrogen) atoms. The van der Waals surface area contributed by atoms with Crippen molar-refractivity contribution in [3.8, 4) is 0 Å². The average molecular weight is 301 g/mol. The van der Waals surface area contributed by atoms with Gasteiger partial charge in [-0.25, -0.2) is 4.98 Å². The fourth-order valence-corrected chi connectivity index (χ4v) is 3.22. The molecule has 1 aliphatic heterocycles. The molecule has 1 amide bonds. The highest BCUT2D eigenvalue weighted by atomic mass is 32.1. The molecule has 1 aliphatic rings. The van der Waals surface area contributed by atoms with E-state index in [0.717, 1.165) is 36.9 Å². The van der Waals surface area contributed by atoms with Crippen molar-refractivity contribution in [3.05, 3.63) is 46.4 Å². The Morgan fingerprint density at radius 1 is 1.19 bits per heavy atom. The maximum absolute atomic E-state index is 12.3. The number of piperazine rings is 1. The number of amides is 1. The molecule has 2 aromatic rings. The Hall–Kier alpha value is -1.88. The average Bonchev–Trinajstić information content (AvgIpc) is 2.93. The maximum atomic E-state index is 12.3. The van der Waals surface area contributed by atoms with Crippen LogP contribution in [0.3, 0.4) is 0 Å². The first-order valence-corrected chi connectivity index (χ1v) is 8.09. The van der Waals surface area contributed by atoms with E-state index >= 15 is 0 Å². The van der Waals surface area contributed by atoms with Crippen LogP contribution >= 0.6 is 11.3 Å². The first kappa shape index (κ1) is 14.1. The normalized spacial score (nSPS) is 15.3. The van der Waals surface area contributed by atoms with Crippen LogP contribution in [0.1, 0.15) is 10.7 Å².